The van der Waals surface area contributed by atoms with Crippen LogP contribution in [0.3, 0.4) is 0 Å². The number of nitrogens with zero attached hydrogens (tertiary/aromatic N) is 3. The first-order valence-electron chi connectivity index (χ1n) is 7.37. The lowest BCUT2D eigenvalue weighted by Crippen LogP contribution is -2.37. The lowest BCUT2D eigenvalue weighted by Gasteiger charge is -2.07. The fourth-order valence-corrected chi connectivity index (χ4v) is 2.14. The molecule has 0 aliphatic rings. The Labute approximate surface area is 137 Å². The second kappa shape index (κ2) is 7.23. The van der Waals surface area contributed by atoms with Gasteiger partial charge >= 0.3 is 11.8 Å². The number of carbonyl (C=O) groups excluding carboxylic acids is 2. The molecule has 0 spiro atoms. The third kappa shape index (κ3) is 3.86. The van der Waals surface area contributed by atoms with E-state index in [2.05, 4.69) is 25.8 Å². The predicted molar refractivity (Wildman–Crippen MR) is 87.9 cm³/mol. The van der Waals surface area contributed by atoms with E-state index in [-0.39, 0.29) is 0 Å². The molecular weight excluding hydrogens is 308 g/mol. The normalized spacial score (nSPS) is 10.3. The number of hydrogen-bond donors (Lipinski definition) is 3. The standard InChI is InChI=1S/C16H16N6O2/c23-15(18-8-10-22-9-7-17-11-22)16(24)20-13-3-1-12(2-4-13)14-5-6-19-21-14/h1-7,9,11H,8,10H2,(H,18,23)(H,19,21)(H,20,24). The Hall–Kier alpha value is -3.42. The Morgan fingerprint density at radius 2 is 1.92 bits per heavy atom. The molecule has 8 nitrogen and oxygen atoms in total. The molecular formula is C16H16N6O2. The van der Waals surface area contributed by atoms with Crippen molar-refractivity contribution in [3.05, 3.63) is 55.2 Å². The number of anilines is 1. The SMILES string of the molecule is O=C(NCCn1ccnc1)C(=O)Nc1ccc(-c2ccn[nH]2)cc1. The molecule has 3 N–H and O–H groups in total. The fraction of sp³-hybridized carbons (Fsp3) is 0.125. The molecule has 0 unspecified atom stereocenters. The number of hydrogen-bond acceptors (Lipinski definition) is 4. The Balaban J connectivity index is 1.49. The highest BCUT2D eigenvalue weighted by Gasteiger charge is 2.13. The summed E-state index contributed by atoms with van der Waals surface area (Å²) < 4.78 is 1.81. The van der Waals surface area contributed by atoms with Gasteiger partial charge in [-0.25, -0.2) is 4.98 Å². The smallest absolute Gasteiger partial charge is 0.313 e. The van der Waals surface area contributed by atoms with Gasteiger partial charge in [0, 0.05) is 37.4 Å². The highest BCUT2D eigenvalue weighted by atomic mass is 16.2. The van der Waals surface area contributed by atoms with Crippen molar-refractivity contribution in [2.24, 2.45) is 0 Å². The summed E-state index contributed by atoms with van der Waals surface area (Å²) in [4.78, 5) is 27.5. The van der Waals surface area contributed by atoms with E-state index >= 15 is 0 Å². The van der Waals surface area contributed by atoms with Gasteiger partial charge in [-0.2, -0.15) is 5.10 Å². The van der Waals surface area contributed by atoms with Crippen LogP contribution in [0, 0.1) is 0 Å². The average Bonchev–Trinajstić information content (AvgIpc) is 3.29. The van der Waals surface area contributed by atoms with Gasteiger partial charge in [0.25, 0.3) is 0 Å². The van der Waals surface area contributed by atoms with Crippen LogP contribution in [-0.2, 0) is 16.1 Å². The topological polar surface area (TPSA) is 105 Å². The molecule has 0 radical (unpaired) electrons. The fourth-order valence-electron chi connectivity index (χ4n) is 2.14. The molecule has 0 atom stereocenters. The van der Waals surface area contributed by atoms with Crippen molar-refractivity contribution in [1.82, 2.24) is 25.1 Å². The van der Waals surface area contributed by atoms with Gasteiger partial charge < -0.3 is 15.2 Å². The van der Waals surface area contributed by atoms with Crippen molar-refractivity contribution in [3.8, 4) is 11.3 Å². The van der Waals surface area contributed by atoms with Gasteiger partial charge in [-0.3, -0.25) is 14.7 Å². The number of rotatable bonds is 5. The van der Waals surface area contributed by atoms with E-state index in [0.717, 1.165) is 11.3 Å². The molecule has 2 heterocycles. The van der Waals surface area contributed by atoms with Crippen LogP contribution in [0.2, 0.25) is 0 Å². The second-order valence-corrected chi connectivity index (χ2v) is 5.06. The largest absolute Gasteiger partial charge is 0.346 e. The zero-order valence-electron chi connectivity index (χ0n) is 12.8. The van der Waals surface area contributed by atoms with E-state index in [0.29, 0.717) is 18.8 Å². The van der Waals surface area contributed by atoms with Gasteiger partial charge in [0.2, 0.25) is 0 Å². The minimum Gasteiger partial charge on any atom is -0.346 e. The van der Waals surface area contributed by atoms with Crippen LogP contribution >= 0.6 is 0 Å². The molecule has 0 saturated carbocycles. The van der Waals surface area contributed by atoms with E-state index < -0.39 is 11.8 Å². The van der Waals surface area contributed by atoms with Gasteiger partial charge in [-0.05, 0) is 23.8 Å². The van der Waals surface area contributed by atoms with Crippen LogP contribution in [0.15, 0.2) is 55.2 Å². The minimum atomic E-state index is -0.699. The summed E-state index contributed by atoms with van der Waals surface area (Å²) in [7, 11) is 0. The number of carbonyl (C=O) groups is 2. The Morgan fingerprint density at radius 1 is 1.08 bits per heavy atom. The van der Waals surface area contributed by atoms with Crippen LogP contribution in [0.25, 0.3) is 11.3 Å². The van der Waals surface area contributed by atoms with E-state index in [1.807, 2.05) is 22.8 Å². The lowest BCUT2D eigenvalue weighted by molar-refractivity contribution is -0.136. The molecule has 122 valence electrons. The molecule has 0 bridgehead atoms. The zero-order chi connectivity index (χ0) is 16.8. The van der Waals surface area contributed by atoms with Crippen molar-refractivity contribution in [3.63, 3.8) is 0 Å². The maximum atomic E-state index is 11.9. The number of aromatic amines is 1. The third-order valence-corrected chi connectivity index (χ3v) is 3.38. The van der Waals surface area contributed by atoms with Gasteiger partial charge in [0.05, 0.1) is 12.0 Å². The average molecular weight is 324 g/mol. The number of imidazole rings is 1. The van der Waals surface area contributed by atoms with Gasteiger partial charge in [0.1, 0.15) is 0 Å². The molecule has 3 aromatic rings. The molecule has 8 heteroatoms. The van der Waals surface area contributed by atoms with E-state index in [1.165, 1.54) is 0 Å². The van der Waals surface area contributed by atoms with Crippen molar-refractivity contribution in [1.29, 1.82) is 0 Å². The molecule has 2 aromatic heterocycles. The first-order valence-corrected chi connectivity index (χ1v) is 7.37. The minimum absolute atomic E-state index is 0.349. The number of amides is 2. The molecule has 1 aromatic carbocycles. The van der Waals surface area contributed by atoms with Crippen LogP contribution in [0.4, 0.5) is 5.69 Å². The van der Waals surface area contributed by atoms with Crippen LogP contribution in [0.5, 0.6) is 0 Å². The van der Waals surface area contributed by atoms with Crippen molar-refractivity contribution >= 4 is 17.5 Å². The summed E-state index contributed by atoms with van der Waals surface area (Å²) in [5.41, 5.74) is 2.37. The molecule has 2 amide bonds. The maximum absolute atomic E-state index is 11.9. The number of H-pyrrole nitrogens is 1. The molecule has 3 rings (SSSR count). The predicted octanol–water partition coefficient (Wildman–Crippen LogP) is 1.03. The summed E-state index contributed by atoms with van der Waals surface area (Å²) in [6.45, 7) is 0.902. The van der Waals surface area contributed by atoms with Crippen LogP contribution in [-0.4, -0.2) is 38.1 Å². The summed E-state index contributed by atoms with van der Waals surface area (Å²) in [5, 5.41) is 11.9. The molecule has 24 heavy (non-hydrogen) atoms. The Bertz CT molecular complexity index is 794. The maximum Gasteiger partial charge on any atom is 0.313 e. The van der Waals surface area contributed by atoms with Crippen LogP contribution in [0.1, 0.15) is 0 Å². The number of benzene rings is 1. The quantitative estimate of drug-likeness (QED) is 0.610. The van der Waals surface area contributed by atoms with E-state index in [9.17, 15) is 9.59 Å². The summed E-state index contributed by atoms with van der Waals surface area (Å²) >= 11 is 0. The van der Waals surface area contributed by atoms with Crippen LogP contribution < -0.4 is 10.6 Å². The second-order valence-electron chi connectivity index (χ2n) is 5.06. The number of nitrogens with one attached hydrogen (secondary N) is 3. The molecule has 0 aliphatic heterocycles. The van der Waals surface area contributed by atoms with Crippen molar-refractivity contribution in [2.45, 2.75) is 6.54 Å². The van der Waals surface area contributed by atoms with Gasteiger partial charge in [-0.15, -0.1) is 0 Å². The monoisotopic (exact) mass is 324 g/mol. The van der Waals surface area contributed by atoms with E-state index in [4.69, 9.17) is 0 Å². The first-order chi connectivity index (χ1) is 11.7. The Morgan fingerprint density at radius 3 is 2.58 bits per heavy atom. The summed E-state index contributed by atoms with van der Waals surface area (Å²) in [6, 6.07) is 8.97. The van der Waals surface area contributed by atoms with E-state index in [1.54, 1.807) is 37.1 Å². The third-order valence-electron chi connectivity index (χ3n) is 3.38. The first kappa shape index (κ1) is 15.5. The van der Waals surface area contributed by atoms with Gasteiger partial charge in [-0.1, -0.05) is 12.1 Å². The van der Waals surface area contributed by atoms with Gasteiger partial charge in [0.15, 0.2) is 0 Å². The highest BCUT2D eigenvalue weighted by Crippen LogP contribution is 2.18. The highest BCUT2D eigenvalue weighted by molar-refractivity contribution is 6.39. The van der Waals surface area contributed by atoms with Crippen molar-refractivity contribution < 1.29 is 9.59 Å². The zero-order valence-corrected chi connectivity index (χ0v) is 12.8. The summed E-state index contributed by atoms with van der Waals surface area (Å²) in [6.07, 6.45) is 6.75. The van der Waals surface area contributed by atoms with Crippen molar-refractivity contribution in [2.75, 3.05) is 11.9 Å². The molecule has 0 aliphatic carbocycles. The lowest BCUT2D eigenvalue weighted by atomic mass is 10.1. The summed E-state index contributed by atoms with van der Waals surface area (Å²) in [5.74, 6) is -1.37. The molecule has 0 saturated heterocycles. The number of aromatic nitrogens is 4. The Kier molecular flexibility index (Phi) is 4.66. The molecule has 0 fully saturated rings.